The van der Waals surface area contributed by atoms with Crippen LogP contribution in [0.1, 0.15) is 35.8 Å². The van der Waals surface area contributed by atoms with Gasteiger partial charge in [0, 0.05) is 23.5 Å². The summed E-state index contributed by atoms with van der Waals surface area (Å²) < 4.78 is 19.1. The topological polar surface area (TPSA) is 71.5 Å². The number of aliphatic hydroxyl groups is 1. The molecule has 1 aliphatic heterocycles. The number of aliphatic hydroxyl groups excluding tert-OH is 1. The van der Waals surface area contributed by atoms with Crippen LogP contribution in [-0.4, -0.2) is 27.7 Å². The smallest absolute Gasteiger partial charge is 0.251 e. The number of aromatic nitrogens is 1. The SMILES string of the molecule is CC1(C)Oc2ccncc2C(NC(=O)c2cccc(F)c2)C1O. The molecule has 2 N–H and O–H groups in total. The maximum atomic E-state index is 13.3. The number of ether oxygens (including phenoxy) is 1. The Morgan fingerprint density at radius 3 is 2.91 bits per heavy atom. The summed E-state index contributed by atoms with van der Waals surface area (Å²) in [4.78, 5) is 16.4. The molecule has 1 aromatic heterocycles. The lowest BCUT2D eigenvalue weighted by atomic mass is 9.87. The Labute approximate surface area is 133 Å². The molecule has 0 fully saturated rings. The van der Waals surface area contributed by atoms with Crippen molar-refractivity contribution in [2.45, 2.75) is 31.6 Å². The van der Waals surface area contributed by atoms with Crippen LogP contribution in [0.15, 0.2) is 42.7 Å². The van der Waals surface area contributed by atoms with Crippen molar-refractivity contribution in [3.8, 4) is 5.75 Å². The first-order valence-electron chi connectivity index (χ1n) is 7.26. The molecule has 3 rings (SSSR count). The largest absolute Gasteiger partial charge is 0.485 e. The lowest BCUT2D eigenvalue weighted by Gasteiger charge is -2.42. The van der Waals surface area contributed by atoms with Gasteiger partial charge in [-0.1, -0.05) is 6.07 Å². The number of fused-ring (bicyclic) bond motifs is 1. The van der Waals surface area contributed by atoms with E-state index >= 15 is 0 Å². The Bertz CT molecular complexity index is 748. The van der Waals surface area contributed by atoms with E-state index in [1.54, 1.807) is 32.3 Å². The van der Waals surface area contributed by atoms with Gasteiger partial charge in [0.15, 0.2) is 0 Å². The number of amides is 1. The first kappa shape index (κ1) is 15.4. The van der Waals surface area contributed by atoms with Crippen LogP contribution in [0.5, 0.6) is 5.75 Å². The number of rotatable bonds is 2. The van der Waals surface area contributed by atoms with Crippen molar-refractivity contribution in [3.05, 3.63) is 59.7 Å². The van der Waals surface area contributed by atoms with Crippen molar-refractivity contribution in [2.75, 3.05) is 0 Å². The van der Waals surface area contributed by atoms with Gasteiger partial charge in [-0.3, -0.25) is 9.78 Å². The molecular formula is C17H17FN2O3. The van der Waals surface area contributed by atoms with Gasteiger partial charge in [-0.05, 0) is 38.1 Å². The minimum Gasteiger partial charge on any atom is -0.485 e. The normalized spacial score (nSPS) is 21.9. The Hall–Kier alpha value is -2.47. The van der Waals surface area contributed by atoms with E-state index in [1.165, 1.54) is 18.2 Å². The van der Waals surface area contributed by atoms with Crippen LogP contribution < -0.4 is 10.1 Å². The average Bonchev–Trinajstić information content (AvgIpc) is 2.51. The highest BCUT2D eigenvalue weighted by molar-refractivity contribution is 5.94. The molecule has 2 aromatic rings. The molecule has 2 atom stereocenters. The minimum atomic E-state index is -0.975. The number of hydrogen-bond acceptors (Lipinski definition) is 4. The summed E-state index contributed by atoms with van der Waals surface area (Å²) in [7, 11) is 0. The number of carbonyl (C=O) groups excluding carboxylic acids is 1. The first-order chi connectivity index (χ1) is 10.9. The van der Waals surface area contributed by atoms with Crippen LogP contribution in [0.25, 0.3) is 0 Å². The molecule has 0 saturated heterocycles. The van der Waals surface area contributed by atoms with E-state index in [-0.39, 0.29) is 5.56 Å². The van der Waals surface area contributed by atoms with Crippen LogP contribution >= 0.6 is 0 Å². The fraction of sp³-hybridized carbons (Fsp3) is 0.294. The second-order valence-electron chi connectivity index (χ2n) is 6.03. The molecular weight excluding hydrogens is 299 g/mol. The van der Waals surface area contributed by atoms with E-state index in [0.29, 0.717) is 11.3 Å². The predicted octanol–water partition coefficient (Wildman–Crippen LogP) is 2.22. The third-order valence-corrected chi connectivity index (χ3v) is 3.92. The van der Waals surface area contributed by atoms with Gasteiger partial charge in [0.25, 0.3) is 5.91 Å². The summed E-state index contributed by atoms with van der Waals surface area (Å²) in [6, 6.07) is 6.38. The van der Waals surface area contributed by atoms with Gasteiger partial charge in [0.2, 0.25) is 0 Å². The van der Waals surface area contributed by atoms with Gasteiger partial charge in [0.1, 0.15) is 23.3 Å². The van der Waals surface area contributed by atoms with Gasteiger partial charge in [0.05, 0.1) is 6.04 Å². The third kappa shape index (κ3) is 2.90. The van der Waals surface area contributed by atoms with Crippen molar-refractivity contribution in [3.63, 3.8) is 0 Å². The molecule has 1 amide bonds. The highest BCUT2D eigenvalue weighted by Crippen LogP contribution is 2.39. The average molecular weight is 316 g/mol. The summed E-state index contributed by atoms with van der Waals surface area (Å²) in [6.45, 7) is 3.48. The van der Waals surface area contributed by atoms with Crippen molar-refractivity contribution in [1.82, 2.24) is 10.3 Å². The van der Waals surface area contributed by atoms with E-state index in [4.69, 9.17) is 4.74 Å². The number of carbonyl (C=O) groups is 1. The summed E-state index contributed by atoms with van der Waals surface area (Å²) in [5.74, 6) is -0.409. The van der Waals surface area contributed by atoms with Gasteiger partial charge >= 0.3 is 0 Å². The molecule has 0 radical (unpaired) electrons. The monoisotopic (exact) mass is 316 g/mol. The van der Waals surface area contributed by atoms with Crippen molar-refractivity contribution in [2.24, 2.45) is 0 Å². The molecule has 23 heavy (non-hydrogen) atoms. The van der Waals surface area contributed by atoms with Crippen LogP contribution in [0, 0.1) is 5.82 Å². The second kappa shape index (κ2) is 5.62. The fourth-order valence-electron chi connectivity index (χ4n) is 2.65. The van der Waals surface area contributed by atoms with Crippen LogP contribution in [0.3, 0.4) is 0 Å². The molecule has 2 unspecified atom stereocenters. The van der Waals surface area contributed by atoms with Crippen molar-refractivity contribution >= 4 is 5.91 Å². The number of nitrogens with zero attached hydrogens (tertiary/aromatic N) is 1. The molecule has 0 aliphatic carbocycles. The molecule has 2 heterocycles. The molecule has 0 saturated carbocycles. The summed E-state index contributed by atoms with van der Waals surface area (Å²) >= 11 is 0. The minimum absolute atomic E-state index is 0.187. The van der Waals surface area contributed by atoms with E-state index in [2.05, 4.69) is 10.3 Å². The zero-order valence-corrected chi connectivity index (χ0v) is 12.8. The maximum Gasteiger partial charge on any atom is 0.251 e. The summed E-state index contributed by atoms with van der Waals surface area (Å²) in [5, 5.41) is 13.3. The van der Waals surface area contributed by atoms with Crippen molar-refractivity contribution in [1.29, 1.82) is 0 Å². The molecule has 0 spiro atoms. The molecule has 0 bridgehead atoms. The molecule has 120 valence electrons. The second-order valence-corrected chi connectivity index (χ2v) is 6.03. The van der Waals surface area contributed by atoms with Gasteiger partial charge in [-0.2, -0.15) is 0 Å². The van der Waals surface area contributed by atoms with Crippen molar-refractivity contribution < 1.29 is 19.0 Å². The van der Waals surface area contributed by atoms with E-state index in [1.807, 2.05) is 0 Å². The first-order valence-corrected chi connectivity index (χ1v) is 7.26. The Morgan fingerprint density at radius 2 is 2.17 bits per heavy atom. The summed E-state index contributed by atoms with van der Waals surface area (Å²) in [6.07, 6.45) is 2.15. The van der Waals surface area contributed by atoms with Crippen LogP contribution in [0.2, 0.25) is 0 Å². The molecule has 1 aromatic carbocycles. The third-order valence-electron chi connectivity index (χ3n) is 3.92. The number of nitrogens with one attached hydrogen (secondary N) is 1. The lowest BCUT2D eigenvalue weighted by Crippen LogP contribution is -2.53. The molecule has 1 aliphatic rings. The Balaban J connectivity index is 1.93. The quantitative estimate of drug-likeness (QED) is 0.891. The van der Waals surface area contributed by atoms with Gasteiger partial charge in [-0.15, -0.1) is 0 Å². The van der Waals surface area contributed by atoms with E-state index < -0.39 is 29.5 Å². The van der Waals surface area contributed by atoms with E-state index in [0.717, 1.165) is 6.07 Å². The number of halogens is 1. The fourth-order valence-corrected chi connectivity index (χ4v) is 2.65. The predicted molar refractivity (Wildman–Crippen MR) is 81.6 cm³/mol. The Kier molecular flexibility index (Phi) is 3.77. The highest BCUT2D eigenvalue weighted by atomic mass is 19.1. The molecule has 6 heteroatoms. The van der Waals surface area contributed by atoms with Crippen LogP contribution in [-0.2, 0) is 0 Å². The Morgan fingerprint density at radius 1 is 1.39 bits per heavy atom. The zero-order valence-electron chi connectivity index (χ0n) is 12.8. The van der Waals surface area contributed by atoms with E-state index in [9.17, 15) is 14.3 Å². The highest BCUT2D eigenvalue weighted by Gasteiger charge is 2.43. The maximum absolute atomic E-state index is 13.3. The number of pyridine rings is 1. The van der Waals surface area contributed by atoms with Gasteiger partial charge in [-0.25, -0.2) is 4.39 Å². The standard InChI is InChI=1S/C17H17FN2O3/c1-17(2)15(21)14(12-9-19-7-6-13(12)23-17)20-16(22)10-4-3-5-11(18)8-10/h3-9,14-15,21H,1-2H3,(H,20,22). The number of hydrogen-bond donors (Lipinski definition) is 2. The summed E-state index contributed by atoms with van der Waals surface area (Å²) in [5.41, 5.74) is -0.107. The molecule has 5 nitrogen and oxygen atoms in total. The zero-order chi connectivity index (χ0) is 16.6. The number of benzene rings is 1. The lowest BCUT2D eigenvalue weighted by molar-refractivity contribution is -0.0629. The van der Waals surface area contributed by atoms with Gasteiger partial charge < -0.3 is 15.2 Å². The van der Waals surface area contributed by atoms with Crippen LogP contribution in [0.4, 0.5) is 4.39 Å².